The van der Waals surface area contributed by atoms with Crippen LogP contribution in [0.4, 0.5) is 0 Å². The Bertz CT molecular complexity index is 393. The molecule has 1 aromatic rings. The van der Waals surface area contributed by atoms with Crippen molar-refractivity contribution in [2.75, 3.05) is 26.2 Å². The van der Waals surface area contributed by atoms with Crippen LogP contribution in [0.5, 0.6) is 0 Å². The molecule has 0 amide bonds. The van der Waals surface area contributed by atoms with Gasteiger partial charge in [-0.3, -0.25) is 10.3 Å². The molecule has 0 aromatic carbocycles. The smallest absolute Gasteiger partial charge is 0.328 e. The van der Waals surface area contributed by atoms with Gasteiger partial charge in [-0.25, -0.2) is 4.79 Å². The van der Waals surface area contributed by atoms with Crippen molar-refractivity contribution in [1.82, 2.24) is 15.2 Å². The minimum atomic E-state index is -1.07. The van der Waals surface area contributed by atoms with Crippen LogP contribution >= 0.6 is 0 Å². The summed E-state index contributed by atoms with van der Waals surface area (Å²) in [6.45, 7) is 9.29. The fourth-order valence-corrected chi connectivity index (χ4v) is 1.99. The predicted molar refractivity (Wildman–Crippen MR) is 75.0 cm³/mol. The van der Waals surface area contributed by atoms with Gasteiger partial charge in [0.05, 0.1) is 0 Å². The Morgan fingerprint density at radius 3 is 2.42 bits per heavy atom. The van der Waals surface area contributed by atoms with Gasteiger partial charge < -0.3 is 10.0 Å². The second-order valence-electron chi connectivity index (χ2n) is 4.62. The van der Waals surface area contributed by atoms with Gasteiger partial charge >= 0.3 is 5.97 Å². The summed E-state index contributed by atoms with van der Waals surface area (Å²) in [6.07, 6.45) is 3.23. The van der Waals surface area contributed by atoms with E-state index in [9.17, 15) is 9.90 Å². The summed E-state index contributed by atoms with van der Waals surface area (Å²) in [7, 11) is 0. The van der Waals surface area contributed by atoms with Crippen LogP contribution < -0.4 is 5.32 Å². The molecular weight excluding hydrogens is 242 g/mol. The number of rotatable bonds is 8. The van der Waals surface area contributed by atoms with E-state index in [1.807, 2.05) is 0 Å². The summed E-state index contributed by atoms with van der Waals surface area (Å²) in [5.74, 6) is -0.877. The third kappa shape index (κ3) is 4.01. The van der Waals surface area contributed by atoms with Gasteiger partial charge in [-0.15, -0.1) is 0 Å². The average molecular weight is 265 g/mol. The zero-order valence-corrected chi connectivity index (χ0v) is 11.9. The molecule has 0 bridgehead atoms. The highest BCUT2D eigenvalue weighted by atomic mass is 16.4. The van der Waals surface area contributed by atoms with E-state index < -0.39 is 11.5 Å². The molecule has 1 aromatic heterocycles. The highest BCUT2D eigenvalue weighted by Crippen LogP contribution is 2.19. The van der Waals surface area contributed by atoms with E-state index in [1.54, 1.807) is 31.5 Å². The quantitative estimate of drug-likeness (QED) is 0.742. The van der Waals surface area contributed by atoms with E-state index in [0.29, 0.717) is 6.54 Å². The molecule has 106 valence electrons. The predicted octanol–water partition coefficient (Wildman–Crippen LogP) is 1.31. The van der Waals surface area contributed by atoms with Gasteiger partial charge in [0.2, 0.25) is 0 Å². The number of aliphatic carboxylic acids is 1. The lowest BCUT2D eigenvalue weighted by molar-refractivity contribution is -0.144. The number of nitrogens with one attached hydrogen (secondary N) is 1. The molecule has 1 unspecified atom stereocenters. The SMILES string of the molecule is CCN(CC)CCNC(C)(C(=O)O)c1ccncc1. The van der Waals surface area contributed by atoms with E-state index in [1.165, 1.54) is 0 Å². The summed E-state index contributed by atoms with van der Waals surface area (Å²) >= 11 is 0. The fourth-order valence-electron chi connectivity index (χ4n) is 1.99. The van der Waals surface area contributed by atoms with E-state index >= 15 is 0 Å². The van der Waals surface area contributed by atoms with Gasteiger partial charge in [-0.2, -0.15) is 0 Å². The van der Waals surface area contributed by atoms with Crippen LogP contribution in [0.1, 0.15) is 26.3 Å². The zero-order valence-electron chi connectivity index (χ0n) is 11.9. The zero-order chi connectivity index (χ0) is 14.3. The highest BCUT2D eigenvalue weighted by Gasteiger charge is 2.34. The molecule has 0 spiro atoms. The number of carboxylic acid groups (broad SMARTS) is 1. The van der Waals surface area contributed by atoms with Crippen molar-refractivity contribution < 1.29 is 9.90 Å². The number of likely N-dealkylation sites (N-methyl/N-ethyl adjacent to an activating group) is 1. The molecular formula is C14H23N3O2. The first-order chi connectivity index (χ1) is 9.04. The first-order valence-corrected chi connectivity index (χ1v) is 6.65. The molecule has 1 heterocycles. The van der Waals surface area contributed by atoms with E-state index in [2.05, 4.69) is 29.0 Å². The lowest BCUT2D eigenvalue weighted by Gasteiger charge is -2.28. The van der Waals surface area contributed by atoms with Crippen LogP contribution in [0.15, 0.2) is 24.5 Å². The van der Waals surface area contributed by atoms with Gasteiger partial charge in [-0.1, -0.05) is 13.8 Å². The van der Waals surface area contributed by atoms with Crippen molar-refractivity contribution in [3.8, 4) is 0 Å². The Kier molecular flexibility index (Phi) is 5.92. The van der Waals surface area contributed by atoms with Gasteiger partial charge in [0.1, 0.15) is 5.54 Å². The summed E-state index contributed by atoms with van der Waals surface area (Å²) in [5, 5.41) is 12.6. The van der Waals surface area contributed by atoms with Gasteiger partial charge in [0.25, 0.3) is 0 Å². The monoisotopic (exact) mass is 265 g/mol. The number of pyridine rings is 1. The summed E-state index contributed by atoms with van der Waals surface area (Å²) < 4.78 is 0. The number of nitrogens with zero attached hydrogens (tertiary/aromatic N) is 2. The van der Waals surface area contributed by atoms with E-state index in [4.69, 9.17) is 0 Å². The number of aromatic nitrogens is 1. The van der Waals surface area contributed by atoms with E-state index in [-0.39, 0.29) is 0 Å². The normalized spacial score (nSPS) is 14.3. The van der Waals surface area contributed by atoms with E-state index in [0.717, 1.165) is 25.2 Å². The van der Waals surface area contributed by atoms with Gasteiger partial charge in [0, 0.05) is 25.5 Å². The molecule has 0 aliphatic heterocycles. The molecule has 0 saturated heterocycles. The van der Waals surface area contributed by atoms with Crippen molar-refractivity contribution in [1.29, 1.82) is 0 Å². The molecule has 2 N–H and O–H groups in total. The van der Waals surface area contributed by atoms with Crippen molar-refractivity contribution in [2.45, 2.75) is 26.3 Å². The molecule has 5 nitrogen and oxygen atoms in total. The molecule has 1 rings (SSSR count). The van der Waals surface area contributed by atoms with Crippen molar-refractivity contribution in [3.05, 3.63) is 30.1 Å². The molecule has 0 aliphatic carbocycles. The largest absolute Gasteiger partial charge is 0.480 e. The Labute approximate surface area is 114 Å². The highest BCUT2D eigenvalue weighted by molar-refractivity contribution is 5.80. The van der Waals surface area contributed by atoms with Crippen molar-refractivity contribution in [3.63, 3.8) is 0 Å². The van der Waals surface area contributed by atoms with Gasteiger partial charge in [0.15, 0.2) is 0 Å². The maximum absolute atomic E-state index is 11.5. The first-order valence-electron chi connectivity index (χ1n) is 6.65. The van der Waals surface area contributed by atoms with Crippen LogP contribution in [0.2, 0.25) is 0 Å². The summed E-state index contributed by atoms with van der Waals surface area (Å²) in [5.41, 5.74) is -0.356. The van der Waals surface area contributed by atoms with Crippen molar-refractivity contribution >= 4 is 5.97 Å². The Hall–Kier alpha value is -1.46. The first kappa shape index (κ1) is 15.6. The standard InChI is InChI=1S/C14H23N3O2/c1-4-17(5-2)11-10-16-14(3,13(18)19)12-6-8-15-9-7-12/h6-9,16H,4-5,10-11H2,1-3H3,(H,18,19). The second-order valence-corrected chi connectivity index (χ2v) is 4.62. The fraction of sp³-hybridized carbons (Fsp3) is 0.571. The van der Waals surface area contributed by atoms with Crippen LogP contribution in [0, 0.1) is 0 Å². The molecule has 0 saturated carbocycles. The minimum Gasteiger partial charge on any atom is -0.480 e. The summed E-state index contributed by atoms with van der Waals surface area (Å²) in [4.78, 5) is 17.7. The number of hydrogen-bond acceptors (Lipinski definition) is 4. The Morgan fingerprint density at radius 1 is 1.37 bits per heavy atom. The molecule has 0 radical (unpaired) electrons. The Balaban J connectivity index is 2.71. The van der Waals surface area contributed by atoms with Crippen LogP contribution in [-0.4, -0.2) is 47.1 Å². The third-order valence-corrected chi connectivity index (χ3v) is 3.49. The maximum Gasteiger partial charge on any atom is 0.328 e. The molecule has 1 atom stereocenters. The van der Waals surface area contributed by atoms with Crippen molar-refractivity contribution in [2.24, 2.45) is 0 Å². The number of carbonyl (C=O) groups is 1. The third-order valence-electron chi connectivity index (χ3n) is 3.49. The van der Waals surface area contributed by atoms with Crippen LogP contribution in [0.25, 0.3) is 0 Å². The average Bonchev–Trinajstić information content (AvgIpc) is 2.44. The van der Waals surface area contributed by atoms with Crippen LogP contribution in [0.3, 0.4) is 0 Å². The number of carboxylic acids is 1. The molecule has 0 aliphatic rings. The number of hydrogen-bond donors (Lipinski definition) is 2. The maximum atomic E-state index is 11.5. The minimum absolute atomic E-state index is 0.632. The molecule has 19 heavy (non-hydrogen) atoms. The second kappa shape index (κ2) is 7.21. The Morgan fingerprint density at radius 2 is 1.95 bits per heavy atom. The van der Waals surface area contributed by atoms with Gasteiger partial charge in [-0.05, 0) is 37.7 Å². The lowest BCUT2D eigenvalue weighted by atomic mass is 9.93. The van der Waals surface area contributed by atoms with Crippen LogP contribution in [-0.2, 0) is 10.3 Å². The topological polar surface area (TPSA) is 65.5 Å². The molecule has 0 fully saturated rings. The lowest BCUT2D eigenvalue weighted by Crippen LogP contribution is -2.49. The summed E-state index contributed by atoms with van der Waals surface area (Å²) in [6, 6.07) is 3.47. The molecule has 5 heteroatoms.